The summed E-state index contributed by atoms with van der Waals surface area (Å²) < 4.78 is 7.10. The summed E-state index contributed by atoms with van der Waals surface area (Å²) >= 11 is 0. The molecular weight excluding hydrogens is 184 g/mol. The van der Waals surface area contributed by atoms with E-state index in [0.717, 1.165) is 18.8 Å². The average Bonchev–Trinajstić information content (AvgIpc) is 2.59. The van der Waals surface area contributed by atoms with Crippen LogP contribution in [0.1, 0.15) is 22.7 Å². The Morgan fingerprint density at radius 2 is 2.57 bits per heavy atom. The summed E-state index contributed by atoms with van der Waals surface area (Å²) in [6.07, 6.45) is 3.37. The van der Waals surface area contributed by atoms with Crippen LogP contribution in [0.4, 0.5) is 0 Å². The van der Waals surface area contributed by atoms with Crippen LogP contribution in [0.2, 0.25) is 0 Å². The smallest absolute Gasteiger partial charge is 0.356 e. The first-order chi connectivity index (χ1) is 6.70. The highest BCUT2D eigenvalue weighted by atomic mass is 16.5. The summed E-state index contributed by atoms with van der Waals surface area (Å²) in [4.78, 5) is 14.7. The van der Waals surface area contributed by atoms with Gasteiger partial charge in [0.15, 0.2) is 5.69 Å². The third-order valence-corrected chi connectivity index (χ3v) is 2.51. The van der Waals surface area contributed by atoms with Crippen molar-refractivity contribution in [2.24, 2.45) is 0 Å². The first-order valence-electron chi connectivity index (χ1n) is 4.53. The summed E-state index contributed by atoms with van der Waals surface area (Å²) in [7, 11) is 1.67. The number of rotatable bonds is 2. The maximum atomic E-state index is 10.7. The number of aromatic carboxylic acids is 1. The lowest BCUT2D eigenvalue weighted by Gasteiger charge is -2.21. The normalized spacial score (nSPS) is 20.5. The second-order valence-corrected chi connectivity index (χ2v) is 3.39. The summed E-state index contributed by atoms with van der Waals surface area (Å²) in [5.41, 5.74) is 0.122. The highest BCUT2D eigenvalue weighted by Gasteiger charge is 2.21. The Balaban J connectivity index is 2.25. The Hall–Kier alpha value is -1.36. The Labute approximate surface area is 81.3 Å². The minimum Gasteiger partial charge on any atom is -0.476 e. The number of carboxylic acids is 1. The lowest BCUT2D eigenvalue weighted by molar-refractivity contribution is 0.0690. The van der Waals surface area contributed by atoms with Crippen LogP contribution in [-0.2, 0) is 17.7 Å². The van der Waals surface area contributed by atoms with Crippen molar-refractivity contribution in [2.45, 2.75) is 25.5 Å². The highest BCUT2D eigenvalue weighted by Crippen LogP contribution is 2.17. The van der Waals surface area contributed by atoms with Crippen molar-refractivity contribution < 1.29 is 14.6 Å². The fourth-order valence-electron chi connectivity index (χ4n) is 1.70. The molecule has 1 aromatic heterocycles. The maximum absolute atomic E-state index is 10.7. The van der Waals surface area contributed by atoms with Gasteiger partial charge in [-0.2, -0.15) is 0 Å². The molecule has 1 aromatic rings. The van der Waals surface area contributed by atoms with Crippen molar-refractivity contribution in [1.29, 1.82) is 0 Å². The van der Waals surface area contributed by atoms with Gasteiger partial charge in [-0.15, -0.1) is 0 Å². The molecule has 5 heteroatoms. The van der Waals surface area contributed by atoms with E-state index in [9.17, 15) is 4.79 Å². The number of hydrogen-bond acceptors (Lipinski definition) is 3. The first kappa shape index (κ1) is 9.21. The van der Waals surface area contributed by atoms with E-state index in [1.165, 1.54) is 0 Å². The number of carbonyl (C=O) groups is 1. The predicted molar refractivity (Wildman–Crippen MR) is 48.3 cm³/mol. The predicted octanol–water partition coefficient (Wildman–Crippen LogP) is 0.543. The molecule has 2 heterocycles. The molecule has 76 valence electrons. The largest absolute Gasteiger partial charge is 0.476 e. The van der Waals surface area contributed by atoms with Gasteiger partial charge in [-0.05, 0) is 6.42 Å². The molecule has 0 saturated carbocycles. The molecule has 1 aliphatic heterocycles. The molecule has 1 unspecified atom stereocenters. The second kappa shape index (κ2) is 3.42. The lowest BCUT2D eigenvalue weighted by Crippen LogP contribution is -2.24. The number of fused-ring (bicyclic) bond motifs is 1. The summed E-state index contributed by atoms with van der Waals surface area (Å²) in [6, 6.07) is 0. The SMILES string of the molecule is COC1CCn2cc(C(=O)O)nc2C1. The number of methoxy groups -OCH3 is 1. The fourth-order valence-corrected chi connectivity index (χ4v) is 1.70. The van der Waals surface area contributed by atoms with Gasteiger partial charge in [0.1, 0.15) is 5.82 Å². The van der Waals surface area contributed by atoms with Crippen molar-refractivity contribution >= 4 is 5.97 Å². The van der Waals surface area contributed by atoms with Crippen LogP contribution in [-0.4, -0.2) is 33.8 Å². The van der Waals surface area contributed by atoms with Crippen LogP contribution in [0.5, 0.6) is 0 Å². The van der Waals surface area contributed by atoms with Gasteiger partial charge in [0.25, 0.3) is 0 Å². The molecule has 0 radical (unpaired) electrons. The van der Waals surface area contributed by atoms with Crippen molar-refractivity contribution in [3.05, 3.63) is 17.7 Å². The van der Waals surface area contributed by atoms with Crippen LogP contribution < -0.4 is 0 Å². The molecule has 0 aliphatic carbocycles. The number of aromatic nitrogens is 2. The molecule has 0 amide bonds. The van der Waals surface area contributed by atoms with Gasteiger partial charge in [-0.1, -0.05) is 0 Å². The molecule has 5 nitrogen and oxygen atoms in total. The van der Waals surface area contributed by atoms with Crippen molar-refractivity contribution in [3.63, 3.8) is 0 Å². The van der Waals surface area contributed by atoms with Crippen LogP contribution in [0, 0.1) is 0 Å². The molecule has 0 bridgehead atoms. The summed E-state index contributed by atoms with van der Waals surface area (Å²) in [6.45, 7) is 0.786. The van der Waals surface area contributed by atoms with Crippen LogP contribution in [0.15, 0.2) is 6.20 Å². The number of carboxylic acid groups (broad SMARTS) is 1. The molecule has 0 saturated heterocycles. The molecule has 0 fully saturated rings. The van der Waals surface area contributed by atoms with Gasteiger partial charge in [-0.3, -0.25) is 0 Å². The zero-order valence-electron chi connectivity index (χ0n) is 7.93. The third-order valence-electron chi connectivity index (χ3n) is 2.51. The van der Waals surface area contributed by atoms with E-state index in [4.69, 9.17) is 9.84 Å². The van der Waals surface area contributed by atoms with Crippen LogP contribution in [0.3, 0.4) is 0 Å². The van der Waals surface area contributed by atoms with E-state index in [-0.39, 0.29) is 11.8 Å². The molecule has 2 rings (SSSR count). The second-order valence-electron chi connectivity index (χ2n) is 3.39. The molecule has 0 spiro atoms. The Morgan fingerprint density at radius 3 is 3.21 bits per heavy atom. The van der Waals surface area contributed by atoms with E-state index >= 15 is 0 Å². The van der Waals surface area contributed by atoms with Gasteiger partial charge in [-0.25, -0.2) is 9.78 Å². The molecule has 1 N–H and O–H groups in total. The van der Waals surface area contributed by atoms with Crippen LogP contribution >= 0.6 is 0 Å². The first-order valence-corrected chi connectivity index (χ1v) is 4.53. The number of nitrogens with zero attached hydrogens (tertiary/aromatic N) is 2. The standard InChI is InChI=1S/C9H12N2O3/c1-14-6-2-3-11-5-7(9(12)13)10-8(11)4-6/h5-6H,2-4H2,1H3,(H,12,13). The number of imidazole rings is 1. The Kier molecular flexibility index (Phi) is 2.25. The number of aryl methyl sites for hydroxylation is 1. The average molecular weight is 196 g/mol. The topological polar surface area (TPSA) is 64.3 Å². The monoisotopic (exact) mass is 196 g/mol. The highest BCUT2D eigenvalue weighted by molar-refractivity contribution is 5.85. The minimum absolute atomic E-state index is 0.122. The fraction of sp³-hybridized carbons (Fsp3) is 0.556. The van der Waals surface area contributed by atoms with E-state index < -0.39 is 5.97 Å². The van der Waals surface area contributed by atoms with E-state index in [1.54, 1.807) is 13.3 Å². The maximum Gasteiger partial charge on any atom is 0.356 e. The molecule has 1 atom stereocenters. The van der Waals surface area contributed by atoms with Gasteiger partial charge < -0.3 is 14.4 Å². The van der Waals surface area contributed by atoms with Crippen LogP contribution in [0.25, 0.3) is 0 Å². The minimum atomic E-state index is -0.971. The molecule has 14 heavy (non-hydrogen) atoms. The Bertz CT molecular complexity index is 359. The van der Waals surface area contributed by atoms with Crippen molar-refractivity contribution in [3.8, 4) is 0 Å². The zero-order valence-corrected chi connectivity index (χ0v) is 7.93. The van der Waals surface area contributed by atoms with Crippen molar-refractivity contribution in [1.82, 2.24) is 9.55 Å². The third kappa shape index (κ3) is 1.50. The molecular formula is C9H12N2O3. The van der Waals surface area contributed by atoms with Gasteiger partial charge in [0.2, 0.25) is 0 Å². The zero-order chi connectivity index (χ0) is 10.1. The number of ether oxygens (including phenoxy) is 1. The van der Waals surface area contributed by atoms with E-state index in [1.807, 2.05) is 4.57 Å². The van der Waals surface area contributed by atoms with Gasteiger partial charge in [0, 0.05) is 26.3 Å². The summed E-state index contributed by atoms with van der Waals surface area (Å²) in [5.74, 6) is -0.165. The molecule has 0 aromatic carbocycles. The van der Waals surface area contributed by atoms with Gasteiger partial charge in [0.05, 0.1) is 6.10 Å². The Morgan fingerprint density at radius 1 is 1.79 bits per heavy atom. The summed E-state index contributed by atoms with van der Waals surface area (Å²) in [5, 5.41) is 8.75. The van der Waals surface area contributed by atoms with Crippen molar-refractivity contribution in [2.75, 3.05) is 7.11 Å². The van der Waals surface area contributed by atoms with E-state index in [0.29, 0.717) is 6.42 Å². The van der Waals surface area contributed by atoms with E-state index in [2.05, 4.69) is 4.98 Å². The molecule has 1 aliphatic rings. The lowest BCUT2D eigenvalue weighted by atomic mass is 10.1. The van der Waals surface area contributed by atoms with Gasteiger partial charge >= 0.3 is 5.97 Å². The number of hydrogen-bond donors (Lipinski definition) is 1. The quantitative estimate of drug-likeness (QED) is 0.749.